The molecule has 0 aliphatic heterocycles. The Morgan fingerprint density at radius 3 is 2.54 bits per heavy atom. The van der Waals surface area contributed by atoms with Gasteiger partial charge in [-0.3, -0.25) is 14.9 Å². The highest BCUT2D eigenvalue weighted by Crippen LogP contribution is 2.32. The van der Waals surface area contributed by atoms with Gasteiger partial charge in [0.05, 0.1) is 6.54 Å². The second-order valence-corrected chi connectivity index (χ2v) is 3.21. The Kier molecular flexibility index (Phi) is 3.25. The molecule has 0 aromatic heterocycles. The van der Waals surface area contributed by atoms with E-state index in [2.05, 4.69) is 10.6 Å². The minimum atomic E-state index is -0.869. The number of rotatable bonds is 5. The highest BCUT2D eigenvalue weighted by molar-refractivity contribution is 5.79. The fourth-order valence-corrected chi connectivity index (χ4v) is 1.18. The minimum absolute atomic E-state index is 0.0734. The first kappa shape index (κ1) is 9.98. The predicted octanol–water partition coefficient (Wildman–Crippen LogP) is -0.815. The summed E-state index contributed by atoms with van der Waals surface area (Å²) in [4.78, 5) is 21.5. The van der Waals surface area contributed by atoms with Crippen molar-refractivity contribution in [2.75, 3.05) is 13.6 Å². The van der Waals surface area contributed by atoms with Gasteiger partial charge in [0.15, 0.2) is 0 Å². The monoisotopic (exact) mass is 186 g/mol. The number of nitrogens with one attached hydrogen (secondary N) is 2. The van der Waals surface area contributed by atoms with Crippen LogP contribution in [0.4, 0.5) is 0 Å². The maximum Gasteiger partial charge on any atom is 0.320 e. The second kappa shape index (κ2) is 4.23. The number of carbonyl (C=O) groups is 2. The van der Waals surface area contributed by atoms with Gasteiger partial charge in [0.25, 0.3) is 0 Å². The normalized spacial score (nSPS) is 17.9. The predicted molar refractivity (Wildman–Crippen MR) is 46.2 cm³/mol. The van der Waals surface area contributed by atoms with Gasteiger partial charge in [-0.25, -0.2) is 0 Å². The van der Waals surface area contributed by atoms with Crippen molar-refractivity contribution in [3.63, 3.8) is 0 Å². The molecule has 1 rings (SSSR count). The Morgan fingerprint density at radius 1 is 1.54 bits per heavy atom. The number of carboxylic acid groups (broad SMARTS) is 1. The summed E-state index contributed by atoms with van der Waals surface area (Å²) in [5.41, 5.74) is 0. The van der Waals surface area contributed by atoms with Gasteiger partial charge in [-0.15, -0.1) is 0 Å². The fraction of sp³-hybridized carbons (Fsp3) is 0.750. The molecule has 0 radical (unpaired) electrons. The molecule has 1 saturated carbocycles. The van der Waals surface area contributed by atoms with Gasteiger partial charge in [0.2, 0.25) is 5.91 Å². The molecule has 1 aliphatic rings. The molecule has 3 N–H and O–H groups in total. The number of hydrogen-bond acceptors (Lipinski definition) is 3. The molecule has 1 fully saturated rings. The van der Waals surface area contributed by atoms with Crippen molar-refractivity contribution in [1.82, 2.24) is 10.6 Å². The van der Waals surface area contributed by atoms with Crippen LogP contribution in [0.25, 0.3) is 0 Å². The van der Waals surface area contributed by atoms with Crippen LogP contribution in [0.1, 0.15) is 12.8 Å². The van der Waals surface area contributed by atoms with Gasteiger partial charge in [0, 0.05) is 7.05 Å². The van der Waals surface area contributed by atoms with Crippen molar-refractivity contribution in [2.24, 2.45) is 5.92 Å². The number of aliphatic carboxylic acids is 1. The number of hydrogen-bond donors (Lipinski definition) is 3. The van der Waals surface area contributed by atoms with E-state index in [4.69, 9.17) is 5.11 Å². The first-order valence-corrected chi connectivity index (χ1v) is 4.32. The van der Waals surface area contributed by atoms with Crippen LogP contribution in [0.5, 0.6) is 0 Å². The SMILES string of the molecule is CNC(=O)CNC(C(=O)O)C1CC1. The molecule has 0 saturated heterocycles. The van der Waals surface area contributed by atoms with Crippen LogP contribution in [0.3, 0.4) is 0 Å². The van der Waals surface area contributed by atoms with E-state index >= 15 is 0 Å². The lowest BCUT2D eigenvalue weighted by Crippen LogP contribution is -2.43. The molecule has 13 heavy (non-hydrogen) atoms. The van der Waals surface area contributed by atoms with Crippen LogP contribution in [-0.2, 0) is 9.59 Å². The van der Waals surface area contributed by atoms with E-state index in [9.17, 15) is 9.59 Å². The lowest BCUT2D eigenvalue weighted by Gasteiger charge is -2.12. The van der Waals surface area contributed by atoms with E-state index in [-0.39, 0.29) is 18.4 Å². The van der Waals surface area contributed by atoms with Crippen molar-refractivity contribution in [2.45, 2.75) is 18.9 Å². The third-order valence-corrected chi connectivity index (χ3v) is 2.12. The molecule has 5 heteroatoms. The minimum Gasteiger partial charge on any atom is -0.480 e. The molecule has 0 spiro atoms. The summed E-state index contributed by atoms with van der Waals surface area (Å²) in [6.45, 7) is 0.0734. The van der Waals surface area contributed by atoms with Gasteiger partial charge in [-0.1, -0.05) is 0 Å². The van der Waals surface area contributed by atoms with E-state index in [1.54, 1.807) is 0 Å². The van der Waals surface area contributed by atoms with E-state index in [1.165, 1.54) is 7.05 Å². The summed E-state index contributed by atoms with van der Waals surface area (Å²) in [5.74, 6) is -0.847. The summed E-state index contributed by atoms with van der Waals surface area (Å²) < 4.78 is 0. The molecule has 0 aromatic rings. The summed E-state index contributed by atoms with van der Waals surface area (Å²) in [5, 5.41) is 13.9. The highest BCUT2D eigenvalue weighted by atomic mass is 16.4. The summed E-state index contributed by atoms with van der Waals surface area (Å²) in [6, 6.07) is -0.558. The molecule has 1 unspecified atom stereocenters. The molecule has 0 bridgehead atoms. The lowest BCUT2D eigenvalue weighted by atomic mass is 10.2. The number of carbonyl (C=O) groups excluding carboxylic acids is 1. The smallest absolute Gasteiger partial charge is 0.320 e. The summed E-state index contributed by atoms with van der Waals surface area (Å²) in [6.07, 6.45) is 1.88. The summed E-state index contributed by atoms with van der Waals surface area (Å²) in [7, 11) is 1.52. The van der Waals surface area contributed by atoms with Crippen LogP contribution < -0.4 is 10.6 Å². The van der Waals surface area contributed by atoms with E-state index < -0.39 is 12.0 Å². The van der Waals surface area contributed by atoms with Crippen molar-refractivity contribution in [3.05, 3.63) is 0 Å². The van der Waals surface area contributed by atoms with Gasteiger partial charge >= 0.3 is 5.97 Å². The van der Waals surface area contributed by atoms with Gasteiger partial charge in [-0.2, -0.15) is 0 Å². The molecular weight excluding hydrogens is 172 g/mol. The van der Waals surface area contributed by atoms with Gasteiger partial charge in [-0.05, 0) is 18.8 Å². The first-order chi connectivity index (χ1) is 6.15. The molecular formula is C8H14N2O3. The van der Waals surface area contributed by atoms with E-state index in [0.717, 1.165) is 12.8 Å². The second-order valence-electron chi connectivity index (χ2n) is 3.21. The Morgan fingerprint density at radius 2 is 2.15 bits per heavy atom. The largest absolute Gasteiger partial charge is 0.480 e. The molecule has 0 heterocycles. The standard InChI is InChI=1S/C8H14N2O3/c1-9-6(11)4-10-7(8(12)13)5-2-3-5/h5,7,10H,2-4H2,1H3,(H,9,11)(H,12,13). The van der Waals surface area contributed by atoms with Gasteiger partial charge in [0.1, 0.15) is 6.04 Å². The van der Waals surface area contributed by atoms with Gasteiger partial charge < -0.3 is 10.4 Å². The van der Waals surface area contributed by atoms with Crippen LogP contribution in [0.15, 0.2) is 0 Å². The van der Waals surface area contributed by atoms with E-state index in [0.29, 0.717) is 0 Å². The Labute approximate surface area is 76.5 Å². The number of likely N-dealkylation sites (N-methyl/N-ethyl adjacent to an activating group) is 1. The zero-order valence-electron chi connectivity index (χ0n) is 7.54. The average Bonchev–Trinajstić information content (AvgIpc) is 2.87. The van der Waals surface area contributed by atoms with Crippen molar-refractivity contribution >= 4 is 11.9 Å². The average molecular weight is 186 g/mol. The quantitative estimate of drug-likeness (QED) is 0.524. The third kappa shape index (κ3) is 3.02. The Bertz CT molecular complexity index is 213. The summed E-state index contributed by atoms with van der Waals surface area (Å²) >= 11 is 0. The van der Waals surface area contributed by atoms with E-state index in [1.807, 2.05) is 0 Å². The molecule has 1 amide bonds. The van der Waals surface area contributed by atoms with Crippen LogP contribution >= 0.6 is 0 Å². The lowest BCUT2D eigenvalue weighted by molar-refractivity contribution is -0.140. The maximum atomic E-state index is 10.8. The first-order valence-electron chi connectivity index (χ1n) is 4.32. The topological polar surface area (TPSA) is 78.4 Å². The van der Waals surface area contributed by atoms with Crippen molar-refractivity contribution < 1.29 is 14.7 Å². The molecule has 1 aliphatic carbocycles. The Hall–Kier alpha value is -1.10. The zero-order valence-corrected chi connectivity index (χ0v) is 7.54. The Balaban J connectivity index is 2.30. The third-order valence-electron chi connectivity index (χ3n) is 2.12. The zero-order chi connectivity index (χ0) is 9.84. The van der Waals surface area contributed by atoms with Crippen LogP contribution in [-0.4, -0.2) is 36.6 Å². The van der Waals surface area contributed by atoms with Crippen LogP contribution in [0, 0.1) is 5.92 Å². The molecule has 74 valence electrons. The molecule has 5 nitrogen and oxygen atoms in total. The number of carboxylic acids is 1. The maximum absolute atomic E-state index is 10.8. The number of amides is 1. The highest BCUT2D eigenvalue weighted by Gasteiger charge is 2.35. The molecule has 1 atom stereocenters. The van der Waals surface area contributed by atoms with Crippen molar-refractivity contribution in [1.29, 1.82) is 0 Å². The van der Waals surface area contributed by atoms with Crippen LogP contribution in [0.2, 0.25) is 0 Å². The van der Waals surface area contributed by atoms with Crippen molar-refractivity contribution in [3.8, 4) is 0 Å². The fourth-order valence-electron chi connectivity index (χ4n) is 1.18. The molecule has 0 aromatic carbocycles.